The van der Waals surface area contributed by atoms with Gasteiger partial charge < -0.3 is 35.3 Å². The molecule has 0 radical (unpaired) electrons. The second kappa shape index (κ2) is 13.5. The van der Waals surface area contributed by atoms with Gasteiger partial charge in [0.25, 0.3) is 0 Å². The standard InChI is InChI=1S/C31H38ClF3N6O4S/c32-24-14-19(13-23(27(24)42)31(33,34)35)15-25(28(43)39-9-3-21(4-10-39)38-7-1-2-8-38)36-29(44)40-11-5-22(6-12-40)41-16-20-17-46-18-26(20)37-30(41)45/h13-14,17-18,21-22,25,42H,1-12,15-16H2,(H,36,44)(H,37,45)/t25-/m1/s1. The Morgan fingerprint density at radius 1 is 1.00 bits per heavy atom. The summed E-state index contributed by atoms with van der Waals surface area (Å²) in [6.45, 7) is 4.28. The van der Waals surface area contributed by atoms with Crippen molar-refractivity contribution in [3.8, 4) is 5.75 Å². The number of carbonyl (C=O) groups excluding carboxylic acids is 3. The highest BCUT2D eigenvalue weighted by Gasteiger charge is 2.38. The van der Waals surface area contributed by atoms with Crippen molar-refractivity contribution < 1.29 is 32.7 Å². The molecule has 1 aromatic carbocycles. The molecule has 3 N–H and O–H groups in total. The molecule has 5 amide bonds. The molecule has 5 heterocycles. The summed E-state index contributed by atoms with van der Waals surface area (Å²) in [5.74, 6) is -1.44. The van der Waals surface area contributed by atoms with E-state index in [-0.39, 0.29) is 30.0 Å². The van der Waals surface area contributed by atoms with Gasteiger partial charge in [-0.05, 0) is 74.7 Å². The van der Waals surface area contributed by atoms with Crippen molar-refractivity contribution in [1.82, 2.24) is 24.9 Å². The summed E-state index contributed by atoms with van der Waals surface area (Å²) in [4.78, 5) is 47.6. The van der Waals surface area contributed by atoms with E-state index < -0.39 is 34.6 Å². The number of piperidine rings is 2. The number of phenols is 1. The fourth-order valence-corrected chi connectivity index (χ4v) is 8.14. The molecule has 1 atom stereocenters. The first-order valence-electron chi connectivity index (χ1n) is 15.8. The number of phenolic OH excluding ortho intramolecular Hbond substituents is 1. The first-order chi connectivity index (χ1) is 22.0. The average molecular weight is 683 g/mol. The third-order valence-corrected chi connectivity index (χ3v) is 10.8. The van der Waals surface area contributed by atoms with Gasteiger partial charge in [-0.3, -0.25) is 4.79 Å². The lowest BCUT2D eigenvalue weighted by molar-refractivity contribution is -0.138. The molecule has 0 unspecified atom stereocenters. The normalized spacial score (nSPS) is 20.9. The second-order valence-electron chi connectivity index (χ2n) is 12.6. The predicted molar refractivity (Wildman–Crippen MR) is 168 cm³/mol. The Bertz CT molecular complexity index is 1450. The maximum atomic E-state index is 13.9. The van der Waals surface area contributed by atoms with Crippen molar-refractivity contribution >= 4 is 46.6 Å². The van der Waals surface area contributed by atoms with Crippen LogP contribution in [0.4, 0.5) is 28.4 Å². The van der Waals surface area contributed by atoms with E-state index in [1.165, 1.54) is 30.2 Å². The summed E-state index contributed by atoms with van der Waals surface area (Å²) in [5, 5.41) is 19.1. The quantitative estimate of drug-likeness (QED) is 0.381. The zero-order valence-electron chi connectivity index (χ0n) is 25.3. The Kier molecular flexibility index (Phi) is 9.58. The van der Waals surface area contributed by atoms with E-state index >= 15 is 0 Å². The minimum absolute atomic E-state index is 0.0636. The molecular formula is C31H38ClF3N6O4S. The van der Waals surface area contributed by atoms with Crippen LogP contribution in [0.25, 0.3) is 0 Å². The van der Waals surface area contributed by atoms with Crippen LogP contribution < -0.4 is 10.6 Å². The van der Waals surface area contributed by atoms with Gasteiger partial charge in [0.15, 0.2) is 0 Å². The first kappa shape index (κ1) is 32.7. The van der Waals surface area contributed by atoms with E-state index in [0.717, 1.165) is 43.2 Å². The molecule has 250 valence electrons. The summed E-state index contributed by atoms with van der Waals surface area (Å²) in [6.07, 6.45) is -0.0739. The van der Waals surface area contributed by atoms with E-state index in [2.05, 4.69) is 15.5 Å². The van der Waals surface area contributed by atoms with Crippen molar-refractivity contribution in [1.29, 1.82) is 0 Å². The first-order valence-corrected chi connectivity index (χ1v) is 17.1. The molecule has 1 aromatic heterocycles. The number of nitrogens with one attached hydrogen (secondary N) is 2. The third-order valence-electron chi connectivity index (χ3n) is 9.68. The number of urea groups is 2. The number of carbonyl (C=O) groups is 3. The van der Waals surface area contributed by atoms with E-state index in [1.807, 2.05) is 10.8 Å². The Labute approximate surface area is 274 Å². The topological polar surface area (TPSA) is 108 Å². The van der Waals surface area contributed by atoms with Gasteiger partial charge in [-0.15, -0.1) is 11.3 Å². The monoisotopic (exact) mass is 682 g/mol. The van der Waals surface area contributed by atoms with Crippen molar-refractivity contribution in [2.45, 2.75) is 75.8 Å². The molecular weight excluding hydrogens is 645 g/mol. The number of alkyl halides is 3. The zero-order chi connectivity index (χ0) is 32.6. The number of amides is 5. The average Bonchev–Trinajstić information content (AvgIpc) is 3.74. The van der Waals surface area contributed by atoms with Gasteiger partial charge in [0, 0.05) is 55.6 Å². The van der Waals surface area contributed by atoms with Crippen LogP contribution in [0.3, 0.4) is 0 Å². The number of halogens is 4. The molecule has 2 aromatic rings. The van der Waals surface area contributed by atoms with Gasteiger partial charge in [-0.2, -0.15) is 13.2 Å². The second-order valence-corrected chi connectivity index (χ2v) is 13.7. The molecule has 4 aliphatic rings. The number of anilines is 1. The van der Waals surface area contributed by atoms with Crippen LogP contribution in [0.2, 0.25) is 5.02 Å². The summed E-state index contributed by atoms with van der Waals surface area (Å²) in [6, 6.07) is 0.505. The fraction of sp³-hybridized carbons (Fsp3) is 0.581. The molecule has 4 aliphatic heterocycles. The molecule has 6 rings (SSSR count). The Balaban J connectivity index is 1.13. The van der Waals surface area contributed by atoms with Crippen LogP contribution in [-0.4, -0.2) is 100 Å². The SMILES string of the molecule is O=C(N[C@H](Cc1cc(Cl)c(O)c(C(F)(F)F)c1)C(=O)N1CCC(N2CCCC2)CC1)N1CCC(N2Cc3cscc3NC2=O)CC1. The van der Waals surface area contributed by atoms with E-state index in [0.29, 0.717) is 51.6 Å². The number of benzene rings is 1. The zero-order valence-corrected chi connectivity index (χ0v) is 26.9. The molecule has 0 aliphatic carbocycles. The molecule has 3 saturated heterocycles. The highest BCUT2D eigenvalue weighted by Crippen LogP contribution is 2.40. The predicted octanol–water partition coefficient (Wildman–Crippen LogP) is 5.35. The van der Waals surface area contributed by atoms with Crippen LogP contribution in [0.15, 0.2) is 22.9 Å². The number of likely N-dealkylation sites (tertiary alicyclic amines) is 3. The molecule has 0 spiro atoms. The smallest absolute Gasteiger partial charge is 0.420 e. The largest absolute Gasteiger partial charge is 0.506 e. The number of fused-ring (bicyclic) bond motifs is 1. The van der Waals surface area contributed by atoms with Crippen LogP contribution in [0.5, 0.6) is 5.75 Å². The van der Waals surface area contributed by atoms with Crippen molar-refractivity contribution in [2.75, 3.05) is 44.6 Å². The van der Waals surface area contributed by atoms with Gasteiger partial charge in [0.2, 0.25) is 5.91 Å². The van der Waals surface area contributed by atoms with Gasteiger partial charge in [-0.25, -0.2) is 9.59 Å². The summed E-state index contributed by atoms with van der Waals surface area (Å²) >= 11 is 7.50. The van der Waals surface area contributed by atoms with Crippen LogP contribution in [-0.2, 0) is 23.9 Å². The summed E-state index contributed by atoms with van der Waals surface area (Å²) < 4.78 is 41.0. The van der Waals surface area contributed by atoms with E-state index in [1.54, 1.807) is 14.7 Å². The Hall–Kier alpha value is -3.23. The number of hydrogen-bond donors (Lipinski definition) is 3. The number of nitrogens with zero attached hydrogens (tertiary/aromatic N) is 4. The minimum atomic E-state index is -4.86. The molecule has 46 heavy (non-hydrogen) atoms. The number of aromatic hydroxyl groups is 1. The molecule has 0 bridgehead atoms. The maximum absolute atomic E-state index is 13.9. The van der Waals surface area contributed by atoms with E-state index in [4.69, 9.17) is 11.6 Å². The van der Waals surface area contributed by atoms with Gasteiger partial charge in [0.05, 0.1) is 22.8 Å². The van der Waals surface area contributed by atoms with Crippen LogP contribution >= 0.6 is 22.9 Å². The lowest BCUT2D eigenvalue weighted by Crippen LogP contribution is -2.57. The van der Waals surface area contributed by atoms with Crippen molar-refractivity contribution in [3.05, 3.63) is 44.6 Å². The third kappa shape index (κ3) is 7.03. The Morgan fingerprint density at radius 3 is 2.33 bits per heavy atom. The Morgan fingerprint density at radius 2 is 1.65 bits per heavy atom. The van der Waals surface area contributed by atoms with Crippen LogP contribution in [0, 0.1) is 0 Å². The van der Waals surface area contributed by atoms with Crippen molar-refractivity contribution in [2.24, 2.45) is 0 Å². The van der Waals surface area contributed by atoms with Gasteiger partial charge in [-0.1, -0.05) is 11.6 Å². The molecule has 10 nitrogen and oxygen atoms in total. The van der Waals surface area contributed by atoms with E-state index in [9.17, 15) is 32.7 Å². The number of hydrogen-bond acceptors (Lipinski definition) is 6. The van der Waals surface area contributed by atoms with Gasteiger partial charge in [0.1, 0.15) is 11.8 Å². The lowest BCUT2D eigenvalue weighted by Gasteiger charge is -2.41. The van der Waals surface area contributed by atoms with Crippen LogP contribution in [0.1, 0.15) is 55.2 Å². The summed E-state index contributed by atoms with van der Waals surface area (Å²) in [7, 11) is 0. The van der Waals surface area contributed by atoms with Crippen molar-refractivity contribution in [3.63, 3.8) is 0 Å². The minimum Gasteiger partial charge on any atom is -0.506 e. The fourth-order valence-electron chi connectivity index (χ4n) is 7.12. The number of thiophene rings is 1. The maximum Gasteiger partial charge on any atom is 0.420 e. The number of rotatable bonds is 6. The molecule has 15 heteroatoms. The lowest BCUT2D eigenvalue weighted by atomic mass is 9.99. The molecule has 0 saturated carbocycles. The highest BCUT2D eigenvalue weighted by molar-refractivity contribution is 7.08. The summed E-state index contributed by atoms with van der Waals surface area (Å²) in [5.41, 5.74) is 0.663. The highest BCUT2D eigenvalue weighted by atomic mass is 35.5. The molecule has 3 fully saturated rings. The van der Waals surface area contributed by atoms with Gasteiger partial charge >= 0.3 is 18.2 Å².